The topological polar surface area (TPSA) is 82.3 Å². The summed E-state index contributed by atoms with van der Waals surface area (Å²) in [5, 5.41) is 11.6. The van der Waals surface area contributed by atoms with E-state index in [1.54, 1.807) is 12.1 Å². The van der Waals surface area contributed by atoms with Crippen molar-refractivity contribution in [1.82, 2.24) is 10.6 Å². The molecule has 0 radical (unpaired) electrons. The van der Waals surface area contributed by atoms with Crippen LogP contribution in [0.3, 0.4) is 0 Å². The van der Waals surface area contributed by atoms with Gasteiger partial charge in [-0.1, -0.05) is 129 Å². The lowest BCUT2D eigenvalue weighted by Crippen LogP contribution is -2.32. The SMILES string of the molecule is CCCCCCCCCCCNC(=O)Nc1ccccc1NC(=O)NCCCCCCCCCCC. The third kappa shape index (κ3) is 18.1. The molecule has 0 heterocycles. The van der Waals surface area contributed by atoms with E-state index in [0.29, 0.717) is 24.5 Å². The number of benzene rings is 1. The minimum absolute atomic E-state index is 0.237. The first kappa shape index (κ1) is 31.8. The van der Waals surface area contributed by atoms with Crippen LogP contribution in [0.4, 0.5) is 21.0 Å². The standard InChI is InChI=1S/C30H54N4O2/c1-3-5-7-9-11-13-15-17-21-25-31-29(35)33-27-23-19-20-24-28(27)34-30(36)32-26-22-18-16-14-12-10-8-6-4-2/h19-20,23-24H,3-18,21-22,25-26H2,1-2H3,(H2,31,33,35)(H2,32,34,36). The number of urea groups is 2. The van der Waals surface area contributed by atoms with Gasteiger partial charge in [-0.3, -0.25) is 0 Å². The van der Waals surface area contributed by atoms with Gasteiger partial charge in [0.15, 0.2) is 0 Å². The van der Waals surface area contributed by atoms with Gasteiger partial charge in [0.25, 0.3) is 0 Å². The molecule has 1 aromatic rings. The van der Waals surface area contributed by atoms with Gasteiger partial charge in [-0.25, -0.2) is 9.59 Å². The Hall–Kier alpha value is -2.24. The third-order valence-electron chi connectivity index (χ3n) is 6.56. The van der Waals surface area contributed by atoms with Gasteiger partial charge in [-0.15, -0.1) is 0 Å². The maximum absolute atomic E-state index is 12.3. The van der Waals surface area contributed by atoms with Crippen LogP contribution in [0, 0.1) is 0 Å². The minimum Gasteiger partial charge on any atom is -0.338 e. The zero-order valence-electron chi connectivity index (χ0n) is 23.3. The van der Waals surface area contributed by atoms with E-state index in [4.69, 9.17) is 0 Å². The van der Waals surface area contributed by atoms with Crippen molar-refractivity contribution in [2.45, 2.75) is 129 Å². The summed E-state index contributed by atoms with van der Waals surface area (Å²) < 4.78 is 0. The molecule has 4 N–H and O–H groups in total. The van der Waals surface area contributed by atoms with Gasteiger partial charge in [-0.05, 0) is 25.0 Å². The number of carbonyl (C=O) groups excluding carboxylic acids is 2. The number of rotatable bonds is 22. The van der Waals surface area contributed by atoms with Crippen LogP contribution in [-0.2, 0) is 0 Å². The molecule has 0 spiro atoms. The second-order valence-corrected chi connectivity index (χ2v) is 9.96. The average Bonchev–Trinajstić information content (AvgIpc) is 2.87. The van der Waals surface area contributed by atoms with Crippen molar-refractivity contribution in [2.24, 2.45) is 0 Å². The molecule has 0 saturated carbocycles. The Morgan fingerprint density at radius 1 is 0.500 bits per heavy atom. The number of carbonyl (C=O) groups is 2. The molecule has 206 valence electrons. The minimum atomic E-state index is -0.237. The van der Waals surface area contributed by atoms with E-state index in [2.05, 4.69) is 35.1 Å². The van der Waals surface area contributed by atoms with Crippen molar-refractivity contribution in [3.8, 4) is 0 Å². The summed E-state index contributed by atoms with van der Waals surface area (Å²) in [6, 6.07) is 6.82. The van der Waals surface area contributed by atoms with Crippen LogP contribution in [0.5, 0.6) is 0 Å². The number of anilines is 2. The molecular formula is C30H54N4O2. The summed E-state index contributed by atoms with van der Waals surface area (Å²) in [5.74, 6) is 0. The van der Waals surface area contributed by atoms with Gasteiger partial charge in [0, 0.05) is 13.1 Å². The molecule has 0 aromatic heterocycles. The predicted molar refractivity (Wildman–Crippen MR) is 155 cm³/mol. The molecule has 0 fully saturated rings. The zero-order valence-corrected chi connectivity index (χ0v) is 23.3. The molecule has 0 aliphatic rings. The van der Waals surface area contributed by atoms with Crippen molar-refractivity contribution in [1.29, 1.82) is 0 Å². The first-order valence-electron chi connectivity index (χ1n) is 14.9. The highest BCUT2D eigenvalue weighted by Gasteiger charge is 2.09. The summed E-state index contributed by atoms with van der Waals surface area (Å²) in [4.78, 5) is 24.6. The van der Waals surface area contributed by atoms with E-state index in [9.17, 15) is 9.59 Å². The summed E-state index contributed by atoms with van der Waals surface area (Å²) in [6.07, 6.45) is 22.6. The molecule has 6 nitrogen and oxygen atoms in total. The van der Waals surface area contributed by atoms with Crippen molar-refractivity contribution < 1.29 is 9.59 Å². The van der Waals surface area contributed by atoms with Gasteiger partial charge in [0.05, 0.1) is 11.4 Å². The first-order valence-corrected chi connectivity index (χ1v) is 14.9. The van der Waals surface area contributed by atoms with E-state index >= 15 is 0 Å². The summed E-state index contributed by atoms with van der Waals surface area (Å²) in [7, 11) is 0. The molecule has 0 saturated heterocycles. The molecule has 0 aliphatic carbocycles. The molecule has 36 heavy (non-hydrogen) atoms. The Balaban J connectivity index is 2.14. The quantitative estimate of drug-likeness (QED) is 0.119. The lowest BCUT2D eigenvalue weighted by molar-refractivity contribution is 0.250. The highest BCUT2D eigenvalue weighted by molar-refractivity contribution is 5.98. The average molecular weight is 503 g/mol. The Labute approximate surface area is 221 Å². The Morgan fingerprint density at radius 3 is 1.14 bits per heavy atom. The van der Waals surface area contributed by atoms with Crippen LogP contribution >= 0.6 is 0 Å². The van der Waals surface area contributed by atoms with Crippen LogP contribution in [0.25, 0.3) is 0 Å². The fourth-order valence-electron chi connectivity index (χ4n) is 4.31. The van der Waals surface area contributed by atoms with Crippen LogP contribution in [0.2, 0.25) is 0 Å². The molecule has 0 atom stereocenters. The van der Waals surface area contributed by atoms with Gasteiger partial charge in [0.2, 0.25) is 0 Å². The number of hydrogen-bond donors (Lipinski definition) is 4. The number of hydrogen-bond acceptors (Lipinski definition) is 2. The summed E-state index contributed by atoms with van der Waals surface area (Å²) >= 11 is 0. The second-order valence-electron chi connectivity index (χ2n) is 9.96. The summed E-state index contributed by atoms with van der Waals surface area (Å²) in [5.41, 5.74) is 1.20. The highest BCUT2D eigenvalue weighted by Crippen LogP contribution is 2.20. The van der Waals surface area contributed by atoms with Crippen molar-refractivity contribution in [2.75, 3.05) is 23.7 Å². The molecule has 0 bridgehead atoms. The molecule has 0 unspecified atom stereocenters. The van der Waals surface area contributed by atoms with Crippen molar-refractivity contribution in [3.05, 3.63) is 24.3 Å². The molecule has 0 aliphatic heterocycles. The number of unbranched alkanes of at least 4 members (excludes halogenated alkanes) is 16. The maximum Gasteiger partial charge on any atom is 0.319 e. The first-order chi connectivity index (χ1) is 17.7. The molecular weight excluding hydrogens is 448 g/mol. The van der Waals surface area contributed by atoms with E-state index < -0.39 is 0 Å². The molecule has 1 aromatic carbocycles. The maximum atomic E-state index is 12.3. The van der Waals surface area contributed by atoms with E-state index in [0.717, 1.165) is 25.7 Å². The smallest absolute Gasteiger partial charge is 0.319 e. The summed E-state index contributed by atoms with van der Waals surface area (Å²) in [6.45, 7) is 5.82. The molecule has 1 rings (SSSR count). The van der Waals surface area contributed by atoms with Crippen molar-refractivity contribution >= 4 is 23.4 Å². The Bertz CT molecular complexity index is 624. The van der Waals surface area contributed by atoms with E-state index in [-0.39, 0.29) is 12.1 Å². The van der Waals surface area contributed by atoms with Crippen LogP contribution in [0.15, 0.2) is 24.3 Å². The lowest BCUT2D eigenvalue weighted by atomic mass is 10.1. The number of nitrogens with one attached hydrogen (secondary N) is 4. The van der Waals surface area contributed by atoms with Crippen molar-refractivity contribution in [3.63, 3.8) is 0 Å². The normalized spacial score (nSPS) is 10.7. The molecule has 6 heteroatoms. The predicted octanol–water partition coefficient (Wildman–Crippen LogP) is 8.99. The van der Waals surface area contributed by atoms with Gasteiger partial charge < -0.3 is 21.3 Å². The molecule has 4 amide bonds. The van der Waals surface area contributed by atoms with Crippen LogP contribution in [0.1, 0.15) is 129 Å². The van der Waals surface area contributed by atoms with Crippen LogP contribution < -0.4 is 21.3 Å². The van der Waals surface area contributed by atoms with Gasteiger partial charge >= 0.3 is 12.1 Å². The zero-order chi connectivity index (χ0) is 26.1. The fourth-order valence-corrected chi connectivity index (χ4v) is 4.31. The number of para-hydroxylation sites is 2. The lowest BCUT2D eigenvalue weighted by Gasteiger charge is -2.13. The third-order valence-corrected chi connectivity index (χ3v) is 6.56. The van der Waals surface area contributed by atoms with E-state index in [1.807, 2.05) is 12.1 Å². The highest BCUT2D eigenvalue weighted by atomic mass is 16.2. The van der Waals surface area contributed by atoms with Gasteiger partial charge in [-0.2, -0.15) is 0 Å². The Morgan fingerprint density at radius 2 is 0.806 bits per heavy atom. The largest absolute Gasteiger partial charge is 0.338 e. The van der Waals surface area contributed by atoms with Gasteiger partial charge in [0.1, 0.15) is 0 Å². The second kappa shape index (κ2) is 23.2. The fraction of sp³-hybridized carbons (Fsp3) is 0.733. The van der Waals surface area contributed by atoms with Crippen LogP contribution in [-0.4, -0.2) is 25.2 Å². The number of amides is 4. The van der Waals surface area contributed by atoms with E-state index in [1.165, 1.54) is 89.9 Å². The Kier molecular flexibility index (Phi) is 20.5. The monoisotopic (exact) mass is 502 g/mol.